The minimum absolute atomic E-state index is 0.244. The van der Waals surface area contributed by atoms with Gasteiger partial charge < -0.3 is 18.9 Å². The number of guanidine groups is 1. The third kappa shape index (κ3) is 3.15. The van der Waals surface area contributed by atoms with Crippen molar-refractivity contribution in [1.29, 1.82) is 0 Å². The highest BCUT2D eigenvalue weighted by Crippen LogP contribution is 2.43. The van der Waals surface area contributed by atoms with E-state index in [2.05, 4.69) is 58.6 Å². The SMILES string of the molecule is C1=C(c2ccccc2)N=C(N2B3Nc4ccoc4-c4cccc(c43)-c3occc32)N=C(c2ccccc2)C1. The summed E-state index contributed by atoms with van der Waals surface area (Å²) in [5, 5.41) is 3.70. The number of hydrogen-bond donors (Lipinski definition) is 1. The molecular formula is C31H21BN4O2. The predicted molar refractivity (Wildman–Crippen MR) is 153 cm³/mol. The normalized spacial score (nSPS) is 15.3. The molecule has 0 bridgehead atoms. The molecule has 5 heterocycles. The van der Waals surface area contributed by atoms with Gasteiger partial charge in [-0.05, 0) is 28.7 Å². The molecule has 6 nitrogen and oxygen atoms in total. The lowest BCUT2D eigenvalue weighted by Gasteiger charge is -2.38. The lowest BCUT2D eigenvalue weighted by atomic mass is 9.57. The van der Waals surface area contributed by atoms with Crippen LogP contribution in [0.2, 0.25) is 0 Å². The van der Waals surface area contributed by atoms with Crippen LogP contribution in [-0.2, 0) is 0 Å². The van der Waals surface area contributed by atoms with Crippen molar-refractivity contribution in [3.63, 3.8) is 0 Å². The third-order valence-electron chi connectivity index (χ3n) is 7.32. The van der Waals surface area contributed by atoms with Crippen molar-refractivity contribution >= 4 is 41.2 Å². The molecule has 0 atom stereocenters. The molecule has 0 fully saturated rings. The summed E-state index contributed by atoms with van der Waals surface area (Å²) < 4.78 is 12.0. The smallest absolute Gasteiger partial charge is 0.417 e. The van der Waals surface area contributed by atoms with Crippen LogP contribution in [0.3, 0.4) is 0 Å². The fourth-order valence-electron chi connectivity index (χ4n) is 5.61. The van der Waals surface area contributed by atoms with Gasteiger partial charge in [0.15, 0.2) is 11.5 Å². The van der Waals surface area contributed by atoms with Gasteiger partial charge in [0.2, 0.25) is 5.96 Å². The summed E-state index contributed by atoms with van der Waals surface area (Å²) in [7, 11) is 0. The van der Waals surface area contributed by atoms with Gasteiger partial charge in [-0.25, -0.2) is 9.98 Å². The van der Waals surface area contributed by atoms with Gasteiger partial charge in [-0.2, -0.15) is 0 Å². The van der Waals surface area contributed by atoms with Crippen LogP contribution in [0.15, 0.2) is 128 Å². The molecule has 0 amide bonds. The molecule has 3 aromatic carbocycles. The van der Waals surface area contributed by atoms with Gasteiger partial charge in [-0.3, -0.25) is 0 Å². The van der Waals surface area contributed by atoms with Crippen LogP contribution >= 0.6 is 0 Å². The van der Waals surface area contributed by atoms with E-state index in [1.54, 1.807) is 12.5 Å². The monoisotopic (exact) mass is 492 g/mol. The Kier molecular flexibility index (Phi) is 4.58. The van der Waals surface area contributed by atoms with Crippen molar-refractivity contribution in [2.45, 2.75) is 6.42 Å². The van der Waals surface area contributed by atoms with Crippen LogP contribution < -0.4 is 15.5 Å². The Hall–Kier alpha value is -5.04. The highest BCUT2D eigenvalue weighted by atomic mass is 16.3. The Morgan fingerprint density at radius 1 is 0.711 bits per heavy atom. The Labute approximate surface area is 219 Å². The molecule has 5 aromatic rings. The average molecular weight is 492 g/mol. The molecule has 7 heteroatoms. The van der Waals surface area contributed by atoms with Crippen LogP contribution in [0.4, 0.5) is 11.4 Å². The second-order valence-corrected chi connectivity index (χ2v) is 9.48. The highest BCUT2D eigenvalue weighted by molar-refractivity contribution is 6.86. The number of benzene rings is 3. The van der Waals surface area contributed by atoms with Crippen molar-refractivity contribution in [3.8, 4) is 22.6 Å². The van der Waals surface area contributed by atoms with E-state index in [9.17, 15) is 0 Å². The lowest BCUT2D eigenvalue weighted by molar-refractivity contribution is 0.581. The van der Waals surface area contributed by atoms with Crippen LogP contribution in [0.5, 0.6) is 0 Å². The zero-order valence-corrected chi connectivity index (χ0v) is 20.3. The van der Waals surface area contributed by atoms with E-state index in [0.717, 1.165) is 62.0 Å². The topological polar surface area (TPSA) is 66.3 Å². The molecule has 38 heavy (non-hydrogen) atoms. The van der Waals surface area contributed by atoms with E-state index in [1.807, 2.05) is 48.5 Å². The summed E-state index contributed by atoms with van der Waals surface area (Å²) in [5.41, 5.74) is 9.00. The number of rotatable bonds is 2. The van der Waals surface area contributed by atoms with E-state index in [1.165, 1.54) is 0 Å². The molecule has 1 N–H and O–H groups in total. The molecule has 0 saturated heterocycles. The third-order valence-corrected chi connectivity index (χ3v) is 7.32. The van der Waals surface area contributed by atoms with E-state index >= 15 is 0 Å². The fraction of sp³-hybridized carbons (Fsp3) is 0.0323. The zero-order valence-electron chi connectivity index (χ0n) is 20.3. The molecule has 8 rings (SSSR count). The van der Waals surface area contributed by atoms with E-state index in [-0.39, 0.29) is 6.98 Å². The number of fused-ring (bicyclic) bond motifs is 4. The molecular weight excluding hydrogens is 471 g/mol. The number of anilines is 2. The highest BCUT2D eigenvalue weighted by Gasteiger charge is 2.45. The van der Waals surface area contributed by atoms with Crippen LogP contribution in [0, 0.1) is 0 Å². The number of allylic oxidation sites excluding steroid dienone is 1. The number of aliphatic imine (C=N–C) groups is 2. The van der Waals surface area contributed by atoms with Gasteiger partial charge >= 0.3 is 6.98 Å². The zero-order chi connectivity index (χ0) is 25.1. The first kappa shape index (κ1) is 21.1. The van der Waals surface area contributed by atoms with Gasteiger partial charge in [-0.15, -0.1) is 0 Å². The van der Waals surface area contributed by atoms with E-state index in [4.69, 9.17) is 18.8 Å². The summed E-state index contributed by atoms with van der Waals surface area (Å²) in [4.78, 5) is 12.6. The number of hydrogen-bond acceptors (Lipinski definition) is 6. The van der Waals surface area contributed by atoms with Crippen LogP contribution in [0.1, 0.15) is 17.5 Å². The Bertz CT molecular complexity index is 1770. The van der Waals surface area contributed by atoms with Gasteiger partial charge in [0.25, 0.3) is 0 Å². The maximum atomic E-state index is 6.08. The largest absolute Gasteiger partial charge is 0.462 e. The molecule has 0 unspecified atom stereocenters. The quantitative estimate of drug-likeness (QED) is 0.288. The minimum Gasteiger partial charge on any atom is -0.462 e. The molecule has 3 aliphatic heterocycles. The predicted octanol–water partition coefficient (Wildman–Crippen LogP) is 6.44. The lowest BCUT2D eigenvalue weighted by Crippen LogP contribution is -2.60. The standard InChI is InChI=1S/C31H21BN4O2/c1-3-8-20(9-4-1)24-14-15-25(21-10-5-2-6-11-21)34-31(33-24)36-27-17-19-38-30(27)23-13-7-12-22-28(23)32(36)35-26-16-18-37-29(22)26/h1-14,16-19,35H,15H2. The van der Waals surface area contributed by atoms with Gasteiger partial charge in [0, 0.05) is 17.5 Å². The maximum Gasteiger partial charge on any atom is 0.417 e. The van der Waals surface area contributed by atoms with Crippen molar-refractivity contribution in [3.05, 3.63) is 121 Å². The number of nitrogens with zero attached hydrogens (tertiary/aromatic N) is 3. The van der Waals surface area contributed by atoms with Crippen molar-refractivity contribution < 1.29 is 8.83 Å². The molecule has 0 saturated carbocycles. The second kappa shape index (κ2) is 8.25. The molecule has 180 valence electrons. The van der Waals surface area contributed by atoms with E-state index in [0.29, 0.717) is 12.4 Å². The first-order valence-electron chi connectivity index (χ1n) is 12.7. The number of nitrogens with one attached hydrogen (secondary N) is 1. The van der Waals surface area contributed by atoms with Crippen LogP contribution in [0.25, 0.3) is 28.3 Å². The molecule has 3 aliphatic rings. The fourth-order valence-corrected chi connectivity index (χ4v) is 5.61. The Morgan fingerprint density at radius 3 is 2.24 bits per heavy atom. The molecule has 0 spiro atoms. The molecule has 0 radical (unpaired) electrons. The second-order valence-electron chi connectivity index (χ2n) is 9.48. The van der Waals surface area contributed by atoms with Crippen molar-refractivity contribution in [2.75, 3.05) is 10.0 Å². The van der Waals surface area contributed by atoms with Gasteiger partial charge in [0.05, 0.1) is 35.3 Å². The first-order valence-corrected chi connectivity index (χ1v) is 12.7. The maximum absolute atomic E-state index is 6.08. The van der Waals surface area contributed by atoms with Crippen molar-refractivity contribution in [1.82, 2.24) is 0 Å². The van der Waals surface area contributed by atoms with Crippen LogP contribution in [-0.4, -0.2) is 18.7 Å². The summed E-state index contributed by atoms with van der Waals surface area (Å²) in [5.74, 6) is 2.22. The van der Waals surface area contributed by atoms with Crippen molar-refractivity contribution in [2.24, 2.45) is 9.98 Å². The summed E-state index contributed by atoms with van der Waals surface area (Å²) in [6, 6.07) is 30.8. The summed E-state index contributed by atoms with van der Waals surface area (Å²) in [6.45, 7) is -0.244. The van der Waals surface area contributed by atoms with Gasteiger partial charge in [-0.1, -0.05) is 84.9 Å². The summed E-state index contributed by atoms with van der Waals surface area (Å²) >= 11 is 0. The minimum atomic E-state index is -0.244. The van der Waals surface area contributed by atoms with Gasteiger partial charge in [0.1, 0.15) is 0 Å². The summed E-state index contributed by atoms with van der Waals surface area (Å²) in [6.07, 6.45) is 6.29. The Balaban J connectivity index is 1.36. The van der Waals surface area contributed by atoms with E-state index < -0.39 is 0 Å². The number of furan rings is 2. The first-order chi connectivity index (χ1) is 18.8. The average Bonchev–Trinajstić information content (AvgIpc) is 3.60. The molecule has 0 aliphatic carbocycles. The molecule has 2 aromatic heterocycles. The Morgan fingerprint density at radius 2 is 1.42 bits per heavy atom.